The highest BCUT2D eigenvalue weighted by Crippen LogP contribution is 2.02. The van der Waals surface area contributed by atoms with Crippen LogP contribution in [0.2, 0.25) is 0 Å². The Morgan fingerprint density at radius 2 is 1.91 bits per heavy atom. The number of nitriles is 2. The number of nitrogens with one attached hydrogen (secondary N) is 1. The summed E-state index contributed by atoms with van der Waals surface area (Å²) in [6.45, 7) is 3.86. The van der Waals surface area contributed by atoms with Crippen molar-refractivity contribution in [1.29, 1.82) is 15.9 Å². The fourth-order valence-electron chi connectivity index (χ4n) is 0.621. The minimum atomic E-state index is 0.0602. The lowest BCUT2D eigenvalue weighted by molar-refractivity contribution is 0.636. The van der Waals surface area contributed by atoms with Crippen LogP contribution in [0.4, 0.5) is 0 Å². The first-order valence-corrected chi connectivity index (χ1v) is 3.28. The summed E-state index contributed by atoms with van der Waals surface area (Å²) < 4.78 is 0. The van der Waals surface area contributed by atoms with Crippen LogP contribution < -0.4 is 0 Å². The van der Waals surface area contributed by atoms with Crippen LogP contribution in [-0.2, 0) is 0 Å². The van der Waals surface area contributed by atoms with Crippen molar-refractivity contribution in [2.75, 3.05) is 0 Å². The molecule has 0 heterocycles. The van der Waals surface area contributed by atoms with E-state index in [0.29, 0.717) is 17.2 Å². The van der Waals surface area contributed by atoms with Gasteiger partial charge >= 0.3 is 0 Å². The Labute approximate surface area is 66.2 Å². The maximum atomic E-state index is 8.32. The SMILES string of the molecule is CC(C)CC(=N)N(C#N)C#N. The van der Waals surface area contributed by atoms with Crippen molar-refractivity contribution in [3.63, 3.8) is 0 Å². The molecule has 4 heteroatoms. The lowest BCUT2D eigenvalue weighted by Gasteiger charge is -2.08. The lowest BCUT2D eigenvalue weighted by Crippen LogP contribution is -2.21. The second kappa shape index (κ2) is 4.29. The van der Waals surface area contributed by atoms with Crippen LogP contribution in [0.5, 0.6) is 0 Å². The van der Waals surface area contributed by atoms with Gasteiger partial charge in [-0.1, -0.05) is 13.8 Å². The van der Waals surface area contributed by atoms with Crippen molar-refractivity contribution < 1.29 is 0 Å². The summed E-state index contributed by atoms with van der Waals surface area (Å²) in [6.07, 6.45) is 3.67. The fourth-order valence-corrected chi connectivity index (χ4v) is 0.621. The summed E-state index contributed by atoms with van der Waals surface area (Å²) in [7, 11) is 0. The molecule has 0 aromatic carbocycles. The van der Waals surface area contributed by atoms with Crippen molar-refractivity contribution in [2.45, 2.75) is 20.3 Å². The van der Waals surface area contributed by atoms with E-state index in [9.17, 15) is 0 Å². The van der Waals surface area contributed by atoms with Crippen molar-refractivity contribution in [2.24, 2.45) is 5.92 Å². The van der Waals surface area contributed by atoms with Gasteiger partial charge in [-0.3, -0.25) is 5.41 Å². The predicted octanol–water partition coefficient (Wildman–Crippen LogP) is 1.27. The Kier molecular flexibility index (Phi) is 3.69. The van der Waals surface area contributed by atoms with E-state index < -0.39 is 0 Å². The van der Waals surface area contributed by atoms with Crippen molar-refractivity contribution in [1.82, 2.24) is 4.90 Å². The zero-order chi connectivity index (χ0) is 8.85. The number of rotatable bonds is 2. The summed E-state index contributed by atoms with van der Waals surface area (Å²) in [4.78, 5) is 0.708. The first kappa shape index (κ1) is 9.45. The van der Waals surface area contributed by atoms with Gasteiger partial charge in [-0.05, 0) is 5.92 Å². The lowest BCUT2D eigenvalue weighted by atomic mass is 10.1. The number of amidine groups is 1. The van der Waals surface area contributed by atoms with E-state index in [-0.39, 0.29) is 5.84 Å². The van der Waals surface area contributed by atoms with Crippen LogP contribution in [0.3, 0.4) is 0 Å². The van der Waals surface area contributed by atoms with Crippen LogP contribution in [0.25, 0.3) is 0 Å². The largest absolute Gasteiger partial charge is 0.287 e. The first-order chi connectivity index (χ1) is 5.11. The molecule has 11 heavy (non-hydrogen) atoms. The highest BCUT2D eigenvalue weighted by molar-refractivity contribution is 5.82. The zero-order valence-electron chi connectivity index (χ0n) is 6.63. The summed E-state index contributed by atoms with van der Waals surface area (Å²) in [5.74, 6) is 0.358. The fraction of sp³-hybridized carbons (Fsp3) is 0.571. The summed E-state index contributed by atoms with van der Waals surface area (Å²) in [6, 6.07) is 0. The third-order valence-corrected chi connectivity index (χ3v) is 1.07. The summed E-state index contributed by atoms with van der Waals surface area (Å²) in [5, 5.41) is 23.9. The van der Waals surface area contributed by atoms with Crippen LogP contribution in [-0.4, -0.2) is 10.7 Å². The smallest absolute Gasteiger partial charge is 0.200 e. The van der Waals surface area contributed by atoms with Crippen LogP contribution in [0, 0.1) is 34.2 Å². The molecule has 0 unspecified atom stereocenters. The van der Waals surface area contributed by atoms with E-state index in [1.54, 1.807) is 12.4 Å². The van der Waals surface area contributed by atoms with Gasteiger partial charge in [0.15, 0.2) is 12.4 Å². The molecule has 58 valence electrons. The molecule has 0 aliphatic rings. The zero-order valence-corrected chi connectivity index (χ0v) is 6.63. The van der Waals surface area contributed by atoms with Gasteiger partial charge < -0.3 is 0 Å². The van der Waals surface area contributed by atoms with Crippen LogP contribution in [0.1, 0.15) is 20.3 Å². The topological polar surface area (TPSA) is 74.7 Å². The molecule has 0 aliphatic carbocycles. The molecular weight excluding hydrogens is 140 g/mol. The van der Waals surface area contributed by atoms with Gasteiger partial charge in [0, 0.05) is 6.42 Å². The molecule has 0 fully saturated rings. The van der Waals surface area contributed by atoms with E-state index in [0.717, 1.165) is 0 Å². The van der Waals surface area contributed by atoms with Gasteiger partial charge in [0.1, 0.15) is 5.84 Å². The average molecular weight is 150 g/mol. The third-order valence-electron chi connectivity index (χ3n) is 1.07. The molecule has 0 amide bonds. The maximum Gasteiger partial charge on any atom is 0.200 e. The average Bonchev–Trinajstić information content (AvgIpc) is 1.88. The standard InChI is InChI=1S/C7H10N4/c1-6(2)3-7(10)11(4-8)5-9/h6,10H,3H2,1-2H3. The van der Waals surface area contributed by atoms with Gasteiger partial charge in [-0.25, -0.2) is 0 Å². The molecule has 1 N–H and O–H groups in total. The Bertz CT molecular complexity index is 204. The highest BCUT2D eigenvalue weighted by Gasteiger charge is 2.08. The van der Waals surface area contributed by atoms with Crippen LogP contribution in [0.15, 0.2) is 0 Å². The minimum absolute atomic E-state index is 0.0602. The molecule has 0 atom stereocenters. The number of hydrogen-bond acceptors (Lipinski definition) is 3. The molecule has 4 nitrogen and oxygen atoms in total. The van der Waals surface area contributed by atoms with Gasteiger partial charge in [-0.15, -0.1) is 0 Å². The summed E-state index contributed by atoms with van der Waals surface area (Å²) >= 11 is 0. The molecule has 0 aromatic heterocycles. The van der Waals surface area contributed by atoms with Gasteiger partial charge in [0.05, 0.1) is 0 Å². The van der Waals surface area contributed by atoms with Crippen molar-refractivity contribution in [3.8, 4) is 12.4 Å². The molecular formula is C7H10N4. The Morgan fingerprint density at radius 3 is 2.18 bits per heavy atom. The minimum Gasteiger partial charge on any atom is -0.287 e. The second-order valence-electron chi connectivity index (χ2n) is 2.58. The van der Waals surface area contributed by atoms with E-state index >= 15 is 0 Å². The monoisotopic (exact) mass is 150 g/mol. The molecule has 0 aliphatic heterocycles. The van der Waals surface area contributed by atoms with Crippen molar-refractivity contribution >= 4 is 5.84 Å². The number of nitrogens with zero attached hydrogens (tertiary/aromatic N) is 3. The predicted molar refractivity (Wildman–Crippen MR) is 40.2 cm³/mol. The quantitative estimate of drug-likeness (QED) is 0.279. The first-order valence-electron chi connectivity index (χ1n) is 3.28. The van der Waals surface area contributed by atoms with Gasteiger partial charge in [0.25, 0.3) is 0 Å². The molecule has 0 saturated heterocycles. The Morgan fingerprint density at radius 1 is 1.45 bits per heavy atom. The molecule has 0 bridgehead atoms. The molecule has 0 radical (unpaired) electrons. The van der Waals surface area contributed by atoms with E-state index in [4.69, 9.17) is 15.9 Å². The molecule has 0 rings (SSSR count). The number of hydrogen-bond donors (Lipinski definition) is 1. The van der Waals surface area contributed by atoms with Gasteiger partial charge in [0.2, 0.25) is 0 Å². The van der Waals surface area contributed by atoms with E-state index in [2.05, 4.69) is 0 Å². The van der Waals surface area contributed by atoms with E-state index in [1.807, 2.05) is 13.8 Å². The van der Waals surface area contributed by atoms with Crippen LogP contribution >= 0.6 is 0 Å². The van der Waals surface area contributed by atoms with Crippen molar-refractivity contribution in [3.05, 3.63) is 0 Å². The Hall–Kier alpha value is -1.55. The van der Waals surface area contributed by atoms with Gasteiger partial charge in [-0.2, -0.15) is 15.4 Å². The Balaban J connectivity index is 4.06. The normalized spacial score (nSPS) is 8.45. The summed E-state index contributed by atoms with van der Waals surface area (Å²) in [5.41, 5.74) is 0. The molecule has 0 aromatic rings. The second-order valence-corrected chi connectivity index (χ2v) is 2.58. The third kappa shape index (κ3) is 3.22. The highest BCUT2D eigenvalue weighted by atomic mass is 15.1. The maximum absolute atomic E-state index is 8.32. The molecule has 0 saturated carbocycles. The molecule has 0 spiro atoms. The van der Waals surface area contributed by atoms with E-state index in [1.165, 1.54) is 0 Å².